The summed E-state index contributed by atoms with van der Waals surface area (Å²) in [6.07, 6.45) is -37.3. The molecule has 0 spiro atoms. The quantitative estimate of drug-likeness (QED) is 0.00683. The standard InChI is InChI=1S/C78H126INO35/c1-35-60(111-67-56(97)51(92)38(85)31-105-67)50(91)36(28-81)42(107-35)33-104-63-54(95)49(80-47(88)17-15-13-11-9-10-12-14-16-18-48(89)90)40(29-82)108-70(63)115-72(103)78(26-25-73(2,3)4)45(87)27-77(8)37(65(78)79)19-20-44-74(5)23-22-46(75(6,34-84)43(74)21-24-76(44,77)7)110-71-64(114-69-58(99)55(96)53(94)41(30-83)109-69)61(59(100)62(113-71)66(101)102)112-68-57(98)52(93)39(86)32-106-68/h19,34-36,38-46,49-65,67-71,81-83,85-87,91-100H,9-18,20-33H2,1-8H3,(H,80,88)(H,89,90)(H,101,102)/t35?,36?,38-,39-,40?,41?,42+,43?,44?,45?,46+,49+,50?,51?,52?,53+,54?,55?,56?,57?,58?,59+,60+,61?,62?,63?,64?,65?,67+,68+,69+,70-,71-,74?,75?,76?,77?,78+/m1/s1. The number of hydrogen-bond donors (Lipinski definition) is 19. The minimum Gasteiger partial charge on any atom is -0.481 e. The van der Waals surface area contributed by atoms with Crippen LogP contribution in [0.3, 0.4) is 0 Å². The Kier molecular flexibility index (Phi) is 31.8. The van der Waals surface area contributed by atoms with E-state index in [0.29, 0.717) is 51.4 Å². The fourth-order valence-corrected chi connectivity index (χ4v) is 22.2. The molecule has 24 unspecified atom stereocenters. The van der Waals surface area contributed by atoms with Gasteiger partial charge in [0.15, 0.2) is 31.3 Å². The van der Waals surface area contributed by atoms with Crippen LogP contribution in [0.1, 0.15) is 171 Å². The SMILES string of the molecule is CC1O[C@@H](COC2C(O)[C@@H](NC(=O)CCCCCCCCCCC(=O)O)C(CO)O[C@@H]2OC(=O)[C@@]2(CCC(C)(C)C)C(O)CC3(C)C(=CCC4C5(C)CC[C@H](O[C@@H]6OC(C(=O)O)[C@@H](O)C(O[C@@H]7OC[C@@H](O)C(O)C7O)C6O[C@@H]6OC(CO)[C@H](O)C(O)C6O)C(C)(C=O)C5CCC43C)C2I)C(CO)C(O)[C@H]1O[C@@H]1OC[C@@H](O)C(O)C1O. The number of ether oxygens (including phenoxy) is 12. The molecule has 37 heteroatoms. The van der Waals surface area contributed by atoms with E-state index in [1.54, 1.807) is 6.92 Å². The Hall–Kier alpha value is -3.06. The molecule has 10 aliphatic rings. The van der Waals surface area contributed by atoms with Crippen molar-refractivity contribution in [2.45, 2.75) is 353 Å². The molecule has 9 fully saturated rings. The summed E-state index contributed by atoms with van der Waals surface area (Å²) in [6, 6.07) is -1.39. The van der Waals surface area contributed by atoms with Gasteiger partial charge in [-0.1, -0.05) is 121 Å². The van der Waals surface area contributed by atoms with Crippen LogP contribution in [0.15, 0.2) is 11.6 Å². The number of carbonyl (C=O) groups is 5. The van der Waals surface area contributed by atoms with Gasteiger partial charge < -0.3 is 159 Å². The van der Waals surface area contributed by atoms with Crippen molar-refractivity contribution in [3.8, 4) is 0 Å². The molecule has 6 saturated heterocycles. The molecular weight excluding hydrogens is 1640 g/mol. The van der Waals surface area contributed by atoms with E-state index in [0.717, 1.165) is 44.0 Å². The van der Waals surface area contributed by atoms with E-state index in [2.05, 4.69) is 54.8 Å². The third-order valence-electron chi connectivity index (χ3n) is 27.4. The maximum Gasteiger partial charge on any atom is 0.335 e. The van der Waals surface area contributed by atoms with Crippen LogP contribution in [0, 0.1) is 50.2 Å². The predicted molar refractivity (Wildman–Crippen MR) is 402 cm³/mol. The largest absolute Gasteiger partial charge is 0.481 e. The summed E-state index contributed by atoms with van der Waals surface area (Å²) in [5, 5.41) is 200. The molecule has 10 rings (SSSR count). The average molecular weight is 1760 g/mol. The van der Waals surface area contributed by atoms with Crippen molar-refractivity contribution in [3.05, 3.63) is 11.6 Å². The number of fused-ring (bicyclic) bond motifs is 5. The lowest BCUT2D eigenvalue weighted by Crippen LogP contribution is -2.69. The maximum absolute atomic E-state index is 16.2. The molecule has 0 bridgehead atoms. The lowest BCUT2D eigenvalue weighted by atomic mass is 9.35. The first kappa shape index (κ1) is 94.2. The molecule has 4 aliphatic carbocycles. The number of aldehydes is 1. The Morgan fingerprint density at radius 2 is 1.17 bits per heavy atom. The van der Waals surface area contributed by atoms with Crippen molar-refractivity contribution in [2.24, 2.45) is 50.2 Å². The number of amides is 1. The van der Waals surface area contributed by atoms with Gasteiger partial charge in [0, 0.05) is 18.8 Å². The summed E-state index contributed by atoms with van der Waals surface area (Å²) < 4.78 is 72.8. The van der Waals surface area contributed by atoms with Crippen LogP contribution in [-0.4, -0.2) is 343 Å². The fraction of sp³-hybridized carbons (Fsp3) is 0.910. The highest BCUT2D eigenvalue weighted by molar-refractivity contribution is 14.1. The van der Waals surface area contributed by atoms with Gasteiger partial charge in [-0.25, -0.2) is 4.79 Å². The third-order valence-corrected chi connectivity index (χ3v) is 29.2. The number of aliphatic carboxylic acids is 2. The molecule has 36 nitrogen and oxygen atoms in total. The van der Waals surface area contributed by atoms with Crippen molar-refractivity contribution in [1.29, 1.82) is 0 Å². The van der Waals surface area contributed by atoms with Crippen molar-refractivity contribution in [2.75, 3.05) is 39.6 Å². The second kappa shape index (κ2) is 38.8. The number of aliphatic hydroxyl groups is 16. The number of aliphatic hydroxyl groups excluding tert-OH is 16. The predicted octanol–water partition coefficient (Wildman–Crippen LogP) is -1.64. The Labute approximate surface area is 681 Å². The third kappa shape index (κ3) is 19.2. The van der Waals surface area contributed by atoms with Crippen LogP contribution in [0.4, 0.5) is 0 Å². The highest BCUT2D eigenvalue weighted by Gasteiger charge is 2.72. The molecule has 38 atom stereocenters. The number of alkyl halides is 1. The second-order valence-electron chi connectivity index (χ2n) is 35.8. The molecule has 1 amide bonds. The van der Waals surface area contributed by atoms with Gasteiger partial charge in [0.05, 0.1) is 85.5 Å². The maximum atomic E-state index is 16.2. The van der Waals surface area contributed by atoms with Gasteiger partial charge >= 0.3 is 17.9 Å². The number of halogens is 1. The average Bonchev–Trinajstić information content (AvgIpc) is 0.673. The summed E-state index contributed by atoms with van der Waals surface area (Å²) in [6.45, 7) is 11.5. The van der Waals surface area contributed by atoms with Crippen LogP contribution < -0.4 is 5.32 Å². The van der Waals surface area contributed by atoms with E-state index in [4.69, 9.17) is 61.9 Å². The van der Waals surface area contributed by atoms with Gasteiger partial charge in [-0.2, -0.15) is 0 Å². The van der Waals surface area contributed by atoms with E-state index in [1.807, 2.05) is 20.8 Å². The molecule has 0 radical (unpaired) electrons. The highest BCUT2D eigenvalue weighted by atomic mass is 127. The number of rotatable bonds is 32. The fourth-order valence-electron chi connectivity index (χ4n) is 20.2. The van der Waals surface area contributed by atoms with Crippen molar-refractivity contribution in [3.63, 3.8) is 0 Å². The lowest BCUT2D eigenvalue weighted by Gasteiger charge is -2.70. The van der Waals surface area contributed by atoms with Crippen LogP contribution in [0.2, 0.25) is 0 Å². The molecule has 115 heavy (non-hydrogen) atoms. The summed E-state index contributed by atoms with van der Waals surface area (Å²) in [4.78, 5) is 68.4. The van der Waals surface area contributed by atoms with Crippen LogP contribution in [-0.2, 0) is 80.8 Å². The van der Waals surface area contributed by atoms with Gasteiger partial charge in [0.25, 0.3) is 0 Å². The Morgan fingerprint density at radius 1 is 0.591 bits per heavy atom. The molecule has 6 aliphatic heterocycles. The molecular formula is C78H126INO35. The van der Waals surface area contributed by atoms with E-state index in [1.165, 1.54) is 6.92 Å². The van der Waals surface area contributed by atoms with Gasteiger partial charge in [0.1, 0.15) is 115 Å². The highest BCUT2D eigenvalue weighted by Crippen LogP contribution is 2.75. The van der Waals surface area contributed by atoms with Gasteiger partial charge in [0.2, 0.25) is 12.2 Å². The number of carboxylic acids is 2. The molecule has 0 aromatic carbocycles. The van der Waals surface area contributed by atoms with Gasteiger partial charge in [-0.3, -0.25) is 14.4 Å². The normalized spacial score (nSPS) is 46.9. The zero-order valence-electron chi connectivity index (χ0n) is 66.5. The van der Waals surface area contributed by atoms with E-state index in [-0.39, 0.29) is 38.0 Å². The second-order valence-corrected chi connectivity index (χ2v) is 37.1. The number of esters is 1. The van der Waals surface area contributed by atoms with Gasteiger partial charge in [-0.15, -0.1) is 0 Å². The topological polar surface area (TPSA) is 572 Å². The number of carboxylic acid groups (broad SMARTS) is 2. The summed E-state index contributed by atoms with van der Waals surface area (Å²) in [5.74, 6) is -6.02. The monoisotopic (exact) mass is 1760 g/mol. The Balaban J connectivity index is 0.916. The minimum absolute atomic E-state index is 0.00361. The number of nitrogens with one attached hydrogen (secondary N) is 1. The van der Waals surface area contributed by atoms with E-state index in [9.17, 15) is 106 Å². The van der Waals surface area contributed by atoms with E-state index < -0.39 is 290 Å². The summed E-state index contributed by atoms with van der Waals surface area (Å²) >= 11 is 2.22. The van der Waals surface area contributed by atoms with Crippen molar-refractivity contribution >= 4 is 52.7 Å². The molecule has 660 valence electrons. The zero-order valence-corrected chi connectivity index (χ0v) is 68.7. The first-order chi connectivity index (χ1) is 54.1. The molecule has 6 heterocycles. The van der Waals surface area contributed by atoms with Crippen molar-refractivity contribution < 1.29 is 173 Å². The minimum atomic E-state index is -2.23. The number of unbranched alkanes of at least 4 members (excludes halogenated alkanes) is 7. The number of allylic oxidation sites excluding steroid dienone is 2. The molecule has 0 aromatic rings. The smallest absolute Gasteiger partial charge is 0.335 e. The zero-order chi connectivity index (χ0) is 84.5. The van der Waals surface area contributed by atoms with Crippen LogP contribution in [0.25, 0.3) is 0 Å². The van der Waals surface area contributed by atoms with Crippen LogP contribution >= 0.6 is 22.6 Å². The lowest BCUT2D eigenvalue weighted by molar-refractivity contribution is -0.391. The number of carbonyl (C=O) groups excluding carboxylic acids is 3. The van der Waals surface area contributed by atoms with E-state index >= 15 is 4.79 Å². The molecule has 0 aromatic heterocycles. The molecule has 3 saturated carbocycles. The Bertz CT molecular complexity index is 3270. The molecule has 19 N–H and O–H groups in total. The van der Waals surface area contributed by atoms with Gasteiger partial charge in [-0.05, 0) is 105 Å². The van der Waals surface area contributed by atoms with Crippen molar-refractivity contribution in [1.82, 2.24) is 5.32 Å². The summed E-state index contributed by atoms with van der Waals surface area (Å²) in [5.41, 5.74) is -5.20. The number of hydrogen-bond acceptors (Lipinski definition) is 33. The van der Waals surface area contributed by atoms with Crippen LogP contribution in [0.5, 0.6) is 0 Å². The Morgan fingerprint density at radius 3 is 1.74 bits per heavy atom. The first-order valence-electron chi connectivity index (χ1n) is 40.6. The first-order valence-corrected chi connectivity index (χ1v) is 41.9. The summed E-state index contributed by atoms with van der Waals surface area (Å²) in [7, 11) is 0.